The summed E-state index contributed by atoms with van der Waals surface area (Å²) < 4.78 is 1.25. The van der Waals surface area contributed by atoms with Crippen molar-refractivity contribution in [2.45, 2.75) is 19.9 Å². The van der Waals surface area contributed by atoms with Crippen molar-refractivity contribution >= 4 is 39.6 Å². The van der Waals surface area contributed by atoms with E-state index in [4.69, 9.17) is 0 Å². The molecule has 1 aromatic carbocycles. The van der Waals surface area contributed by atoms with E-state index in [1.807, 2.05) is 0 Å². The molecule has 0 aliphatic rings. The highest BCUT2D eigenvalue weighted by atomic mass is 127. The van der Waals surface area contributed by atoms with E-state index in [-0.39, 0.29) is 0 Å². The van der Waals surface area contributed by atoms with Gasteiger partial charge in [-0.1, -0.05) is 6.92 Å². The van der Waals surface area contributed by atoms with Crippen molar-refractivity contribution in [3.05, 3.63) is 43.9 Å². The maximum absolute atomic E-state index is 4.52. The highest BCUT2D eigenvalue weighted by Gasteiger charge is 1.99. The lowest BCUT2D eigenvalue weighted by Gasteiger charge is -2.03. The minimum atomic E-state index is 0.803. The zero-order chi connectivity index (χ0) is 11.4. The van der Waals surface area contributed by atoms with E-state index >= 15 is 0 Å². The van der Waals surface area contributed by atoms with Crippen LogP contribution in [0.2, 0.25) is 0 Å². The largest absolute Gasteiger partial charge is 0.379 e. The fraction of sp³-hybridized carbons (Fsp3) is 0.250. The zero-order valence-electron chi connectivity index (χ0n) is 9.03. The summed E-state index contributed by atoms with van der Waals surface area (Å²) in [4.78, 5) is 4.52. The second kappa shape index (κ2) is 5.63. The van der Waals surface area contributed by atoms with Crippen molar-refractivity contribution < 1.29 is 0 Å². The summed E-state index contributed by atoms with van der Waals surface area (Å²) >= 11 is 4.04. The maximum atomic E-state index is 4.52. The average molecular weight is 344 g/mol. The van der Waals surface area contributed by atoms with Crippen molar-refractivity contribution in [2.75, 3.05) is 5.32 Å². The first-order valence-corrected chi connectivity index (χ1v) is 7.16. The van der Waals surface area contributed by atoms with Crippen molar-refractivity contribution in [3.63, 3.8) is 0 Å². The molecule has 0 bridgehead atoms. The number of hydrogen-bond acceptors (Lipinski definition) is 3. The van der Waals surface area contributed by atoms with Crippen LogP contribution in [0.4, 0.5) is 5.69 Å². The molecule has 16 heavy (non-hydrogen) atoms. The molecule has 0 amide bonds. The molecule has 2 aromatic rings. The van der Waals surface area contributed by atoms with Crippen LogP contribution in [0, 0.1) is 3.57 Å². The van der Waals surface area contributed by atoms with Gasteiger partial charge in [-0.3, -0.25) is 0 Å². The Labute approximate surface area is 113 Å². The summed E-state index contributed by atoms with van der Waals surface area (Å²) in [5.41, 5.74) is 2.27. The van der Waals surface area contributed by atoms with Gasteiger partial charge >= 0.3 is 0 Å². The van der Waals surface area contributed by atoms with Gasteiger partial charge in [-0.05, 0) is 53.3 Å². The molecule has 2 rings (SSSR count). The van der Waals surface area contributed by atoms with Gasteiger partial charge < -0.3 is 5.32 Å². The molecule has 2 nitrogen and oxygen atoms in total. The summed E-state index contributed by atoms with van der Waals surface area (Å²) in [5.74, 6) is 0. The number of aromatic nitrogens is 1. The fourth-order valence-electron chi connectivity index (χ4n) is 1.35. The molecule has 0 fully saturated rings. The van der Waals surface area contributed by atoms with E-state index in [0.29, 0.717) is 0 Å². The van der Waals surface area contributed by atoms with Crippen LogP contribution in [0.15, 0.2) is 29.6 Å². The summed E-state index contributed by atoms with van der Waals surface area (Å²) in [6.45, 7) is 2.94. The van der Waals surface area contributed by atoms with E-state index in [0.717, 1.165) is 24.3 Å². The molecule has 0 atom stereocenters. The Morgan fingerprint density at radius 1 is 1.31 bits per heavy atom. The van der Waals surface area contributed by atoms with Gasteiger partial charge in [-0.2, -0.15) is 0 Å². The molecule has 0 aliphatic heterocycles. The minimum absolute atomic E-state index is 0.803. The molecule has 4 heteroatoms. The van der Waals surface area contributed by atoms with E-state index in [1.165, 1.54) is 8.58 Å². The second-order valence-electron chi connectivity index (χ2n) is 3.45. The lowest BCUT2D eigenvalue weighted by atomic mass is 10.3. The van der Waals surface area contributed by atoms with Gasteiger partial charge in [0.25, 0.3) is 0 Å². The smallest absolute Gasteiger partial charge is 0.0926 e. The van der Waals surface area contributed by atoms with E-state index in [1.54, 1.807) is 11.3 Å². The first kappa shape index (κ1) is 11.9. The molecule has 0 aliphatic carbocycles. The summed E-state index contributed by atoms with van der Waals surface area (Å²) in [5, 5.41) is 6.70. The maximum Gasteiger partial charge on any atom is 0.0926 e. The summed E-state index contributed by atoms with van der Waals surface area (Å²) in [7, 11) is 0. The number of nitrogens with zero attached hydrogens (tertiary/aromatic N) is 1. The zero-order valence-corrected chi connectivity index (χ0v) is 12.0. The first-order valence-electron chi connectivity index (χ1n) is 5.20. The van der Waals surface area contributed by atoms with Gasteiger partial charge in [0.15, 0.2) is 0 Å². The number of halogens is 1. The molecule has 0 saturated carbocycles. The number of thiazole rings is 1. The molecular weight excluding hydrogens is 331 g/mol. The molecule has 0 unspecified atom stereocenters. The number of anilines is 1. The molecule has 0 spiro atoms. The first-order chi connectivity index (χ1) is 7.78. The number of nitrogens with one attached hydrogen (secondary N) is 1. The van der Waals surface area contributed by atoms with Crippen molar-refractivity contribution in [3.8, 4) is 0 Å². The molecule has 1 heterocycles. The molecule has 84 valence electrons. The third-order valence-electron chi connectivity index (χ3n) is 2.22. The Kier molecular flexibility index (Phi) is 4.17. The van der Waals surface area contributed by atoms with Crippen LogP contribution in [-0.4, -0.2) is 4.98 Å². The summed E-state index contributed by atoms with van der Waals surface area (Å²) in [6.07, 6.45) is 1.02. The Bertz CT molecular complexity index is 450. The van der Waals surface area contributed by atoms with Crippen molar-refractivity contribution in [1.82, 2.24) is 4.98 Å². The van der Waals surface area contributed by atoms with Crippen LogP contribution in [0.5, 0.6) is 0 Å². The van der Waals surface area contributed by atoms with Crippen LogP contribution < -0.4 is 5.32 Å². The third-order valence-corrected chi connectivity index (χ3v) is 3.98. The number of hydrogen-bond donors (Lipinski definition) is 1. The van der Waals surface area contributed by atoms with E-state index in [2.05, 4.69) is 69.5 Å². The highest BCUT2D eigenvalue weighted by Crippen LogP contribution is 2.14. The highest BCUT2D eigenvalue weighted by molar-refractivity contribution is 14.1. The topological polar surface area (TPSA) is 24.9 Å². The van der Waals surface area contributed by atoms with Gasteiger partial charge in [-0.15, -0.1) is 11.3 Å². The SMILES string of the molecule is CCc1nc(CNc2ccc(I)cc2)cs1. The Hall–Kier alpha value is -0.620. The van der Waals surface area contributed by atoms with Crippen LogP contribution in [0.25, 0.3) is 0 Å². The van der Waals surface area contributed by atoms with Crippen molar-refractivity contribution in [1.29, 1.82) is 0 Å². The summed E-state index contributed by atoms with van der Waals surface area (Å²) in [6, 6.07) is 8.38. The fourth-order valence-corrected chi connectivity index (χ4v) is 2.46. The number of aryl methyl sites for hydroxylation is 1. The lowest BCUT2D eigenvalue weighted by Crippen LogP contribution is -1.99. The molecule has 0 saturated heterocycles. The molecule has 0 radical (unpaired) electrons. The van der Waals surface area contributed by atoms with Crippen LogP contribution in [0.3, 0.4) is 0 Å². The molecular formula is C12H13IN2S. The second-order valence-corrected chi connectivity index (χ2v) is 5.63. The van der Waals surface area contributed by atoms with E-state index < -0.39 is 0 Å². The van der Waals surface area contributed by atoms with Crippen molar-refractivity contribution in [2.24, 2.45) is 0 Å². The third kappa shape index (κ3) is 3.18. The van der Waals surface area contributed by atoms with Gasteiger partial charge in [0.1, 0.15) is 0 Å². The minimum Gasteiger partial charge on any atom is -0.379 e. The average Bonchev–Trinajstić information content (AvgIpc) is 2.76. The van der Waals surface area contributed by atoms with Gasteiger partial charge in [-0.25, -0.2) is 4.98 Å². The Morgan fingerprint density at radius 2 is 2.06 bits per heavy atom. The van der Waals surface area contributed by atoms with Crippen LogP contribution in [0.1, 0.15) is 17.6 Å². The number of rotatable bonds is 4. The Morgan fingerprint density at radius 3 is 2.69 bits per heavy atom. The predicted molar refractivity (Wildman–Crippen MR) is 78.0 cm³/mol. The predicted octanol–water partition coefficient (Wildman–Crippen LogP) is 3.92. The quantitative estimate of drug-likeness (QED) is 0.851. The van der Waals surface area contributed by atoms with Crippen LogP contribution in [-0.2, 0) is 13.0 Å². The van der Waals surface area contributed by atoms with Gasteiger partial charge in [0.2, 0.25) is 0 Å². The molecule has 1 N–H and O–H groups in total. The molecule has 1 aromatic heterocycles. The lowest BCUT2D eigenvalue weighted by molar-refractivity contribution is 1.01. The van der Waals surface area contributed by atoms with Crippen LogP contribution >= 0.6 is 33.9 Å². The Balaban J connectivity index is 1.94. The van der Waals surface area contributed by atoms with E-state index in [9.17, 15) is 0 Å². The van der Waals surface area contributed by atoms with Gasteiger partial charge in [0.05, 0.1) is 17.2 Å². The monoisotopic (exact) mass is 344 g/mol. The standard InChI is InChI=1S/C12H13IN2S/c1-2-12-15-11(8-16-12)7-14-10-5-3-9(13)4-6-10/h3-6,8,14H,2,7H2,1H3. The number of benzene rings is 1. The normalized spacial score (nSPS) is 10.4. The van der Waals surface area contributed by atoms with Gasteiger partial charge in [0, 0.05) is 14.6 Å².